The second kappa shape index (κ2) is 9.12. The number of amides is 1. The van der Waals surface area contributed by atoms with Gasteiger partial charge in [0.2, 0.25) is 10.0 Å². The van der Waals surface area contributed by atoms with Crippen LogP contribution in [0, 0.1) is 13.8 Å². The largest absolute Gasteiger partial charge is 0.383 e. The average Bonchev–Trinajstić information content (AvgIpc) is 2.62. The molecule has 0 aliphatic heterocycles. The van der Waals surface area contributed by atoms with Gasteiger partial charge in [-0.25, -0.2) is 13.1 Å². The van der Waals surface area contributed by atoms with Gasteiger partial charge in [0.15, 0.2) is 0 Å². The van der Waals surface area contributed by atoms with E-state index in [-0.39, 0.29) is 30.0 Å². The minimum Gasteiger partial charge on any atom is -0.383 e. The predicted molar refractivity (Wildman–Crippen MR) is 105 cm³/mol. The van der Waals surface area contributed by atoms with E-state index in [0.717, 1.165) is 11.1 Å². The van der Waals surface area contributed by atoms with E-state index in [1.54, 1.807) is 13.0 Å². The first-order chi connectivity index (χ1) is 12.7. The number of nitrogens with one attached hydrogen (secondary N) is 2. The van der Waals surface area contributed by atoms with E-state index in [9.17, 15) is 13.2 Å². The lowest BCUT2D eigenvalue weighted by molar-refractivity contribution is 0.0939. The lowest BCUT2D eigenvalue weighted by Crippen LogP contribution is -2.29. The number of hydrogen-bond acceptors (Lipinski definition) is 4. The summed E-state index contributed by atoms with van der Waals surface area (Å²) in [6, 6.07) is 12.2. The van der Waals surface area contributed by atoms with Gasteiger partial charge in [-0.15, -0.1) is 0 Å². The standard InChI is InChI=1S/C20H26N2O4S/c1-14-5-8-17(9-6-14)16(3)22-20(23)19-13-18(10-7-15(19)2)27(24,25)21-11-12-26-4/h5-10,13,16,21H,11-12H2,1-4H3,(H,22,23). The fourth-order valence-electron chi connectivity index (χ4n) is 2.59. The highest BCUT2D eigenvalue weighted by atomic mass is 32.2. The number of aryl methyl sites for hydroxylation is 2. The molecule has 1 unspecified atom stereocenters. The quantitative estimate of drug-likeness (QED) is 0.679. The van der Waals surface area contributed by atoms with E-state index in [4.69, 9.17) is 4.74 Å². The van der Waals surface area contributed by atoms with Crippen molar-refractivity contribution < 1.29 is 17.9 Å². The van der Waals surface area contributed by atoms with Gasteiger partial charge >= 0.3 is 0 Å². The van der Waals surface area contributed by atoms with Crippen molar-refractivity contribution in [3.8, 4) is 0 Å². The van der Waals surface area contributed by atoms with Crippen LogP contribution >= 0.6 is 0 Å². The summed E-state index contributed by atoms with van der Waals surface area (Å²) in [5.74, 6) is -0.311. The summed E-state index contributed by atoms with van der Waals surface area (Å²) in [5.41, 5.74) is 3.17. The van der Waals surface area contributed by atoms with E-state index < -0.39 is 10.0 Å². The van der Waals surface area contributed by atoms with Crippen LogP contribution in [0.1, 0.15) is 40.0 Å². The molecule has 27 heavy (non-hydrogen) atoms. The van der Waals surface area contributed by atoms with Gasteiger partial charge in [0.05, 0.1) is 17.5 Å². The Bertz CT molecular complexity index is 893. The number of carbonyl (C=O) groups is 1. The number of sulfonamides is 1. The molecule has 2 aromatic rings. The second-order valence-corrected chi connectivity index (χ2v) is 8.24. The molecule has 0 aliphatic carbocycles. The number of methoxy groups -OCH3 is 1. The van der Waals surface area contributed by atoms with E-state index in [2.05, 4.69) is 10.0 Å². The summed E-state index contributed by atoms with van der Waals surface area (Å²) in [4.78, 5) is 12.8. The SMILES string of the molecule is COCCNS(=O)(=O)c1ccc(C)c(C(=O)NC(C)c2ccc(C)cc2)c1. The molecule has 0 heterocycles. The van der Waals surface area contributed by atoms with Gasteiger partial charge in [0.25, 0.3) is 5.91 Å². The maximum absolute atomic E-state index is 12.7. The molecule has 0 fully saturated rings. The molecule has 0 bridgehead atoms. The fourth-order valence-corrected chi connectivity index (χ4v) is 3.63. The van der Waals surface area contributed by atoms with Gasteiger partial charge in [0.1, 0.15) is 0 Å². The molecule has 2 aromatic carbocycles. The molecule has 0 aromatic heterocycles. The van der Waals surface area contributed by atoms with Crippen molar-refractivity contribution >= 4 is 15.9 Å². The van der Waals surface area contributed by atoms with Gasteiger partial charge in [-0.1, -0.05) is 35.9 Å². The Labute approximate surface area is 161 Å². The molecule has 0 spiro atoms. The van der Waals surface area contributed by atoms with Crippen LogP contribution in [0.3, 0.4) is 0 Å². The van der Waals surface area contributed by atoms with Gasteiger partial charge in [-0.2, -0.15) is 0 Å². The normalized spacial score (nSPS) is 12.6. The molecule has 6 nitrogen and oxygen atoms in total. The Morgan fingerprint density at radius 2 is 1.78 bits per heavy atom. The smallest absolute Gasteiger partial charge is 0.252 e. The topological polar surface area (TPSA) is 84.5 Å². The first-order valence-electron chi connectivity index (χ1n) is 8.71. The summed E-state index contributed by atoms with van der Waals surface area (Å²) >= 11 is 0. The molecule has 2 rings (SSSR count). The molecular weight excluding hydrogens is 364 g/mol. The Balaban J connectivity index is 2.19. The zero-order chi connectivity index (χ0) is 20.0. The third-order valence-corrected chi connectivity index (χ3v) is 5.75. The monoisotopic (exact) mass is 390 g/mol. The fraction of sp³-hybridized carbons (Fsp3) is 0.350. The van der Waals surface area contributed by atoms with Crippen molar-refractivity contribution in [2.24, 2.45) is 0 Å². The molecule has 0 radical (unpaired) electrons. The lowest BCUT2D eigenvalue weighted by atomic mass is 10.0. The van der Waals surface area contributed by atoms with Crippen molar-refractivity contribution in [2.75, 3.05) is 20.3 Å². The molecule has 0 saturated carbocycles. The molecule has 1 atom stereocenters. The molecule has 0 aliphatic rings. The van der Waals surface area contributed by atoms with Gasteiger partial charge < -0.3 is 10.1 Å². The maximum atomic E-state index is 12.7. The third kappa shape index (κ3) is 5.63. The Kier molecular flexibility index (Phi) is 7.12. The zero-order valence-electron chi connectivity index (χ0n) is 16.1. The van der Waals surface area contributed by atoms with Crippen molar-refractivity contribution in [3.63, 3.8) is 0 Å². The van der Waals surface area contributed by atoms with Crippen LogP contribution in [0.5, 0.6) is 0 Å². The third-order valence-electron chi connectivity index (χ3n) is 4.29. The van der Waals surface area contributed by atoms with Crippen molar-refractivity contribution in [1.82, 2.24) is 10.0 Å². The Morgan fingerprint density at radius 1 is 1.11 bits per heavy atom. The Morgan fingerprint density at radius 3 is 2.41 bits per heavy atom. The lowest BCUT2D eigenvalue weighted by Gasteiger charge is -2.16. The van der Waals surface area contributed by atoms with Crippen LogP contribution < -0.4 is 10.0 Å². The first kappa shape index (κ1) is 21.1. The molecule has 146 valence electrons. The number of hydrogen-bond donors (Lipinski definition) is 2. The van der Waals surface area contributed by atoms with Crippen LogP contribution in [0.25, 0.3) is 0 Å². The molecule has 7 heteroatoms. The molecule has 0 saturated heterocycles. The molecular formula is C20H26N2O4S. The van der Waals surface area contributed by atoms with Crippen LogP contribution in [-0.2, 0) is 14.8 Å². The van der Waals surface area contributed by atoms with E-state index in [1.807, 2.05) is 38.1 Å². The minimum atomic E-state index is -3.70. The molecule has 1 amide bonds. The van der Waals surface area contributed by atoms with Crippen LogP contribution in [-0.4, -0.2) is 34.6 Å². The van der Waals surface area contributed by atoms with Gasteiger partial charge in [-0.3, -0.25) is 4.79 Å². The highest BCUT2D eigenvalue weighted by molar-refractivity contribution is 7.89. The van der Waals surface area contributed by atoms with Gasteiger partial charge in [-0.05, 0) is 44.0 Å². The van der Waals surface area contributed by atoms with E-state index in [0.29, 0.717) is 11.1 Å². The predicted octanol–water partition coefficient (Wildman–Crippen LogP) is 2.72. The first-order valence-corrected chi connectivity index (χ1v) is 10.2. The van der Waals surface area contributed by atoms with Crippen molar-refractivity contribution in [3.05, 3.63) is 64.7 Å². The minimum absolute atomic E-state index is 0.0531. The summed E-state index contributed by atoms with van der Waals surface area (Å²) in [5, 5.41) is 2.93. The second-order valence-electron chi connectivity index (χ2n) is 6.47. The highest BCUT2D eigenvalue weighted by Gasteiger charge is 2.19. The number of benzene rings is 2. The van der Waals surface area contributed by atoms with Crippen LogP contribution in [0.15, 0.2) is 47.4 Å². The summed E-state index contributed by atoms with van der Waals surface area (Å²) in [6.07, 6.45) is 0. The number of carbonyl (C=O) groups excluding carboxylic acids is 1. The van der Waals surface area contributed by atoms with Crippen molar-refractivity contribution in [1.29, 1.82) is 0 Å². The molecule has 2 N–H and O–H groups in total. The average molecular weight is 391 g/mol. The zero-order valence-corrected chi connectivity index (χ0v) is 16.9. The van der Waals surface area contributed by atoms with Crippen molar-refractivity contribution in [2.45, 2.75) is 31.7 Å². The highest BCUT2D eigenvalue weighted by Crippen LogP contribution is 2.18. The van der Waals surface area contributed by atoms with Crippen LogP contribution in [0.4, 0.5) is 0 Å². The maximum Gasteiger partial charge on any atom is 0.252 e. The number of ether oxygens (including phenoxy) is 1. The number of rotatable bonds is 8. The van der Waals surface area contributed by atoms with E-state index >= 15 is 0 Å². The summed E-state index contributed by atoms with van der Waals surface area (Å²) < 4.78 is 32.0. The summed E-state index contributed by atoms with van der Waals surface area (Å²) in [6.45, 7) is 6.11. The Hall–Kier alpha value is -2.22. The van der Waals surface area contributed by atoms with E-state index in [1.165, 1.54) is 19.2 Å². The van der Waals surface area contributed by atoms with Crippen LogP contribution in [0.2, 0.25) is 0 Å². The van der Waals surface area contributed by atoms with Gasteiger partial charge in [0, 0.05) is 19.2 Å². The summed E-state index contributed by atoms with van der Waals surface area (Å²) in [7, 11) is -2.20.